The summed E-state index contributed by atoms with van der Waals surface area (Å²) in [6.45, 7) is 2.47. The molecule has 0 aliphatic carbocycles. The molecular formula is C19H18FN3O5. The van der Waals surface area contributed by atoms with E-state index in [2.05, 4.69) is 5.32 Å². The lowest BCUT2D eigenvalue weighted by Crippen LogP contribution is -2.49. The number of nitrogens with one attached hydrogen (secondary N) is 1. The van der Waals surface area contributed by atoms with E-state index in [-0.39, 0.29) is 30.4 Å². The summed E-state index contributed by atoms with van der Waals surface area (Å²) in [4.78, 5) is 39.1. The Morgan fingerprint density at radius 3 is 2.75 bits per heavy atom. The molecule has 2 aromatic rings. The summed E-state index contributed by atoms with van der Waals surface area (Å²) < 4.78 is 19.9. The third-order valence-electron chi connectivity index (χ3n) is 4.97. The maximum absolute atomic E-state index is 13.0. The predicted molar refractivity (Wildman–Crippen MR) is 95.3 cm³/mol. The first-order valence-corrected chi connectivity index (χ1v) is 8.80. The van der Waals surface area contributed by atoms with Gasteiger partial charge in [0, 0.05) is 12.7 Å². The van der Waals surface area contributed by atoms with Crippen LogP contribution in [0.3, 0.4) is 0 Å². The largest absolute Gasteiger partial charge is 0.503 e. The fourth-order valence-electron chi connectivity index (χ4n) is 3.52. The highest BCUT2D eigenvalue weighted by Crippen LogP contribution is 2.29. The van der Waals surface area contributed by atoms with Crippen molar-refractivity contribution in [2.75, 3.05) is 6.61 Å². The van der Waals surface area contributed by atoms with Gasteiger partial charge in [-0.2, -0.15) is 0 Å². The van der Waals surface area contributed by atoms with Gasteiger partial charge in [-0.05, 0) is 24.6 Å². The normalized spacial score (nSPS) is 20.6. The third kappa shape index (κ3) is 2.93. The Morgan fingerprint density at radius 1 is 1.32 bits per heavy atom. The Hall–Kier alpha value is -3.20. The molecule has 2 aliphatic rings. The molecule has 1 aromatic heterocycles. The highest BCUT2D eigenvalue weighted by Gasteiger charge is 2.42. The van der Waals surface area contributed by atoms with E-state index in [1.807, 2.05) is 6.92 Å². The van der Waals surface area contributed by atoms with E-state index < -0.39 is 35.0 Å². The van der Waals surface area contributed by atoms with Gasteiger partial charge in [-0.15, -0.1) is 0 Å². The predicted octanol–water partition coefficient (Wildman–Crippen LogP) is 0.824. The summed E-state index contributed by atoms with van der Waals surface area (Å²) in [5, 5.41) is 12.9. The van der Waals surface area contributed by atoms with E-state index in [9.17, 15) is 23.9 Å². The zero-order valence-electron chi connectivity index (χ0n) is 15.0. The van der Waals surface area contributed by atoms with Gasteiger partial charge in [0.25, 0.3) is 11.8 Å². The van der Waals surface area contributed by atoms with Crippen LogP contribution in [-0.2, 0) is 17.8 Å². The maximum Gasteiger partial charge on any atom is 0.276 e. The molecule has 2 aliphatic heterocycles. The SMILES string of the molecule is C[C@H]1CO[C@@H]2Cn3cc(C(=O)NCc4ccc(F)cc4)c(=O)c(O)c3C(=O)N12. The van der Waals surface area contributed by atoms with E-state index in [0.29, 0.717) is 12.2 Å². The Balaban J connectivity index is 1.62. The molecule has 2 amide bonds. The van der Waals surface area contributed by atoms with E-state index in [1.165, 1.54) is 39.9 Å². The Labute approximate surface area is 159 Å². The topological polar surface area (TPSA) is 101 Å². The average Bonchev–Trinajstić information content (AvgIpc) is 3.04. The van der Waals surface area contributed by atoms with Crippen molar-refractivity contribution in [2.24, 2.45) is 0 Å². The van der Waals surface area contributed by atoms with Gasteiger partial charge in [0.15, 0.2) is 17.7 Å². The third-order valence-corrected chi connectivity index (χ3v) is 4.97. The number of aromatic hydroxyl groups is 1. The highest BCUT2D eigenvalue weighted by molar-refractivity contribution is 5.99. The number of pyridine rings is 1. The first-order valence-electron chi connectivity index (χ1n) is 8.80. The van der Waals surface area contributed by atoms with Crippen molar-refractivity contribution in [2.45, 2.75) is 32.3 Å². The Bertz CT molecular complexity index is 1020. The number of halogens is 1. The molecule has 1 aromatic carbocycles. The number of aromatic nitrogens is 1. The van der Waals surface area contributed by atoms with Crippen molar-refractivity contribution in [1.29, 1.82) is 0 Å². The van der Waals surface area contributed by atoms with Crippen molar-refractivity contribution >= 4 is 11.8 Å². The number of amides is 2. The average molecular weight is 387 g/mol. The van der Waals surface area contributed by atoms with Crippen LogP contribution in [0, 0.1) is 5.82 Å². The van der Waals surface area contributed by atoms with Gasteiger partial charge in [-0.25, -0.2) is 4.39 Å². The van der Waals surface area contributed by atoms with E-state index in [1.54, 1.807) is 0 Å². The summed E-state index contributed by atoms with van der Waals surface area (Å²) in [6.07, 6.45) is 0.755. The van der Waals surface area contributed by atoms with Gasteiger partial charge in [0.1, 0.15) is 11.4 Å². The molecule has 8 nitrogen and oxygen atoms in total. The molecule has 1 saturated heterocycles. The smallest absolute Gasteiger partial charge is 0.276 e. The number of benzene rings is 1. The molecule has 9 heteroatoms. The first kappa shape index (κ1) is 18.2. The van der Waals surface area contributed by atoms with Gasteiger partial charge < -0.3 is 24.6 Å². The van der Waals surface area contributed by atoms with Crippen molar-refractivity contribution in [1.82, 2.24) is 14.8 Å². The number of rotatable bonds is 3. The maximum atomic E-state index is 13.0. The van der Waals surface area contributed by atoms with E-state index in [4.69, 9.17) is 4.74 Å². The van der Waals surface area contributed by atoms with Crippen LogP contribution < -0.4 is 10.7 Å². The second-order valence-corrected chi connectivity index (χ2v) is 6.88. The van der Waals surface area contributed by atoms with Gasteiger partial charge in [0.2, 0.25) is 5.43 Å². The molecule has 0 saturated carbocycles. The second kappa shape index (κ2) is 6.75. The fraction of sp³-hybridized carbons (Fsp3) is 0.316. The number of fused-ring (bicyclic) bond motifs is 2. The van der Waals surface area contributed by atoms with Crippen molar-refractivity contribution in [3.8, 4) is 5.75 Å². The number of ether oxygens (including phenoxy) is 1. The van der Waals surface area contributed by atoms with Crippen LogP contribution in [0.4, 0.5) is 4.39 Å². The number of nitrogens with zero attached hydrogens (tertiary/aromatic N) is 2. The molecule has 0 spiro atoms. The van der Waals surface area contributed by atoms with Crippen LogP contribution in [0.25, 0.3) is 0 Å². The quantitative estimate of drug-likeness (QED) is 0.812. The van der Waals surface area contributed by atoms with E-state index in [0.717, 1.165) is 0 Å². The molecule has 0 unspecified atom stereocenters. The van der Waals surface area contributed by atoms with Crippen LogP contribution in [-0.4, -0.2) is 45.3 Å². The van der Waals surface area contributed by atoms with Crippen molar-refractivity contribution in [3.05, 3.63) is 63.3 Å². The summed E-state index contributed by atoms with van der Waals surface area (Å²) in [5.41, 5.74) is -0.692. The summed E-state index contributed by atoms with van der Waals surface area (Å²) in [7, 11) is 0. The second-order valence-electron chi connectivity index (χ2n) is 6.88. The summed E-state index contributed by atoms with van der Waals surface area (Å²) >= 11 is 0. The number of hydrogen-bond donors (Lipinski definition) is 2. The van der Waals surface area contributed by atoms with Crippen LogP contribution in [0.15, 0.2) is 35.3 Å². The van der Waals surface area contributed by atoms with Gasteiger partial charge >= 0.3 is 0 Å². The lowest BCUT2D eigenvalue weighted by Gasteiger charge is -2.33. The number of carbonyl (C=O) groups excluding carboxylic acids is 2. The molecule has 1 fully saturated rings. The molecule has 2 atom stereocenters. The van der Waals surface area contributed by atoms with Crippen LogP contribution >= 0.6 is 0 Å². The molecule has 0 radical (unpaired) electrons. The standard InChI is InChI=1S/C19H18FN3O5/c1-10-9-28-14-8-22-7-13(16(24)17(25)15(22)19(27)23(10)14)18(26)21-6-11-2-4-12(20)5-3-11/h2-5,7,10,14,25H,6,8-9H2,1H3,(H,21,26)/t10-,14+/m0/s1. The lowest BCUT2D eigenvalue weighted by atomic mass is 10.1. The molecule has 0 bridgehead atoms. The lowest BCUT2D eigenvalue weighted by molar-refractivity contribution is 0.00624. The zero-order chi connectivity index (χ0) is 20.0. The van der Waals surface area contributed by atoms with Crippen LogP contribution in [0.5, 0.6) is 5.75 Å². The molecular weight excluding hydrogens is 369 g/mol. The Kier molecular flexibility index (Phi) is 4.38. The molecule has 146 valence electrons. The van der Waals surface area contributed by atoms with Gasteiger partial charge in [-0.3, -0.25) is 14.4 Å². The fourth-order valence-corrected chi connectivity index (χ4v) is 3.52. The highest BCUT2D eigenvalue weighted by atomic mass is 19.1. The monoisotopic (exact) mass is 387 g/mol. The molecule has 3 heterocycles. The minimum Gasteiger partial charge on any atom is -0.503 e. The van der Waals surface area contributed by atoms with Gasteiger partial charge in [0.05, 0.1) is 19.2 Å². The minimum absolute atomic E-state index is 0.0804. The van der Waals surface area contributed by atoms with E-state index >= 15 is 0 Å². The van der Waals surface area contributed by atoms with Crippen molar-refractivity contribution < 1.29 is 23.8 Å². The zero-order valence-corrected chi connectivity index (χ0v) is 15.0. The number of hydrogen-bond acceptors (Lipinski definition) is 5. The summed E-state index contributed by atoms with van der Waals surface area (Å²) in [5.74, 6) is -2.35. The Morgan fingerprint density at radius 2 is 2.04 bits per heavy atom. The van der Waals surface area contributed by atoms with Crippen molar-refractivity contribution in [3.63, 3.8) is 0 Å². The number of carbonyl (C=O) groups is 2. The molecule has 28 heavy (non-hydrogen) atoms. The summed E-state index contributed by atoms with van der Waals surface area (Å²) in [6, 6.07) is 5.39. The van der Waals surface area contributed by atoms with Gasteiger partial charge in [-0.1, -0.05) is 12.1 Å². The molecule has 2 N–H and O–H groups in total. The first-order chi connectivity index (χ1) is 13.4. The minimum atomic E-state index is -0.914. The van der Waals surface area contributed by atoms with Crippen LogP contribution in [0.2, 0.25) is 0 Å². The molecule has 4 rings (SSSR count). The van der Waals surface area contributed by atoms with Crippen LogP contribution in [0.1, 0.15) is 33.3 Å².